The van der Waals surface area contributed by atoms with Gasteiger partial charge in [-0.25, -0.2) is 4.79 Å². The number of benzene rings is 2. The minimum Gasteiger partial charge on any atom is -0.481 e. The van der Waals surface area contributed by atoms with Crippen molar-refractivity contribution in [2.24, 2.45) is 5.41 Å². The molecule has 2 amide bonds. The van der Waals surface area contributed by atoms with Crippen LogP contribution in [0.1, 0.15) is 56.2 Å². The Bertz CT molecular complexity index is 1140. The number of ether oxygens (including phenoxy) is 1. The number of carbonyl (C=O) groups excluding carboxylic acids is 2. The van der Waals surface area contributed by atoms with Crippen molar-refractivity contribution < 1.29 is 24.2 Å². The van der Waals surface area contributed by atoms with Crippen molar-refractivity contribution in [2.75, 3.05) is 19.7 Å². The molecular weight excluding hydrogens is 503 g/mol. The molecule has 4 unspecified atom stereocenters. The Labute approximate surface area is 220 Å². The molecule has 4 atom stereocenters. The number of carbonyl (C=O) groups is 3. The monoisotopic (exact) mass is 532 g/mol. The maximum atomic E-state index is 14.2. The van der Waals surface area contributed by atoms with E-state index in [1.165, 1.54) is 0 Å². The summed E-state index contributed by atoms with van der Waals surface area (Å²) in [5.41, 5.74) is 0.672. The first-order valence-corrected chi connectivity index (χ1v) is 12.9. The van der Waals surface area contributed by atoms with Gasteiger partial charge in [0.1, 0.15) is 6.61 Å². The molecule has 0 radical (unpaired) electrons. The van der Waals surface area contributed by atoms with Crippen LogP contribution in [0.15, 0.2) is 48.5 Å². The third kappa shape index (κ3) is 5.32. The van der Waals surface area contributed by atoms with Crippen molar-refractivity contribution in [3.05, 3.63) is 69.7 Å². The van der Waals surface area contributed by atoms with Gasteiger partial charge in [0.15, 0.2) is 0 Å². The van der Waals surface area contributed by atoms with Crippen molar-refractivity contribution in [3.8, 4) is 0 Å². The highest BCUT2D eigenvalue weighted by Crippen LogP contribution is 2.52. The molecule has 0 spiro atoms. The number of aliphatic carboxylic acids is 1. The van der Waals surface area contributed by atoms with E-state index in [-0.39, 0.29) is 24.3 Å². The molecule has 192 valence electrons. The maximum absolute atomic E-state index is 14.2. The van der Waals surface area contributed by atoms with E-state index in [0.29, 0.717) is 42.6 Å². The summed E-state index contributed by atoms with van der Waals surface area (Å²) in [6.45, 7) is 4.76. The number of hydrogen-bond donors (Lipinski definition) is 1. The van der Waals surface area contributed by atoms with Gasteiger partial charge in [-0.3, -0.25) is 9.59 Å². The molecule has 2 saturated heterocycles. The Kier molecular flexibility index (Phi) is 7.81. The zero-order valence-electron chi connectivity index (χ0n) is 20.3. The van der Waals surface area contributed by atoms with Crippen LogP contribution >= 0.6 is 23.2 Å². The Morgan fingerprint density at radius 2 is 1.86 bits per heavy atom. The summed E-state index contributed by atoms with van der Waals surface area (Å²) in [4.78, 5) is 41.8. The van der Waals surface area contributed by atoms with E-state index in [2.05, 4.69) is 0 Å². The number of carboxylic acid groups (broad SMARTS) is 1. The molecule has 2 heterocycles. The molecule has 2 aliphatic rings. The van der Waals surface area contributed by atoms with Gasteiger partial charge in [-0.2, -0.15) is 0 Å². The van der Waals surface area contributed by atoms with Gasteiger partial charge in [-0.15, -0.1) is 0 Å². The van der Waals surface area contributed by atoms with Gasteiger partial charge in [-0.05, 0) is 48.2 Å². The second-order valence-electron chi connectivity index (χ2n) is 9.83. The van der Waals surface area contributed by atoms with E-state index >= 15 is 0 Å². The number of amides is 2. The van der Waals surface area contributed by atoms with Crippen LogP contribution < -0.4 is 0 Å². The number of rotatable bonds is 8. The lowest BCUT2D eigenvalue weighted by Crippen LogP contribution is -2.58. The minimum atomic E-state index is -1.14. The Balaban J connectivity index is 1.87. The van der Waals surface area contributed by atoms with Crippen molar-refractivity contribution in [3.63, 3.8) is 0 Å². The lowest BCUT2D eigenvalue weighted by molar-refractivity contribution is -0.161. The highest BCUT2D eigenvalue weighted by atomic mass is 35.5. The number of cyclic esters (lactones) is 1. The Morgan fingerprint density at radius 3 is 2.44 bits per heavy atom. The van der Waals surface area contributed by atoms with Crippen LogP contribution in [-0.4, -0.2) is 58.6 Å². The summed E-state index contributed by atoms with van der Waals surface area (Å²) in [6.07, 6.45) is 0.213. The van der Waals surface area contributed by atoms with Crippen molar-refractivity contribution in [1.82, 2.24) is 9.80 Å². The summed E-state index contributed by atoms with van der Waals surface area (Å²) in [6, 6.07) is 14.1. The number of piperidine rings is 1. The number of carboxylic acids is 1. The van der Waals surface area contributed by atoms with Crippen LogP contribution in [0.3, 0.4) is 0 Å². The summed E-state index contributed by atoms with van der Waals surface area (Å²) in [5.74, 6) is -1.49. The molecule has 2 aromatic carbocycles. The molecule has 0 aliphatic carbocycles. The zero-order chi connectivity index (χ0) is 26.0. The van der Waals surface area contributed by atoms with Gasteiger partial charge in [-0.1, -0.05) is 61.3 Å². The molecule has 4 rings (SSSR count). The van der Waals surface area contributed by atoms with Crippen molar-refractivity contribution in [2.45, 2.75) is 51.1 Å². The van der Waals surface area contributed by atoms with Crippen molar-refractivity contribution >= 4 is 41.2 Å². The van der Waals surface area contributed by atoms with E-state index < -0.39 is 23.5 Å². The average Bonchev–Trinajstić information content (AvgIpc) is 3.23. The number of halogens is 2. The lowest BCUT2D eigenvalue weighted by atomic mass is 9.67. The highest BCUT2D eigenvalue weighted by Gasteiger charge is 2.52. The van der Waals surface area contributed by atoms with Crippen LogP contribution in [0.2, 0.25) is 10.0 Å². The molecule has 1 N–H and O–H groups in total. The first-order valence-electron chi connectivity index (χ1n) is 12.1. The topological polar surface area (TPSA) is 87.2 Å². The van der Waals surface area contributed by atoms with E-state index in [4.69, 9.17) is 27.9 Å². The summed E-state index contributed by atoms with van der Waals surface area (Å²) in [5, 5.41) is 10.9. The van der Waals surface area contributed by atoms with Gasteiger partial charge in [0.25, 0.3) is 0 Å². The fourth-order valence-corrected chi connectivity index (χ4v) is 5.87. The fraction of sp³-hybridized carbons (Fsp3) is 0.444. The largest absolute Gasteiger partial charge is 0.481 e. The predicted molar refractivity (Wildman–Crippen MR) is 137 cm³/mol. The predicted octanol–water partition coefficient (Wildman–Crippen LogP) is 5.76. The normalized spacial score (nSPS) is 25.1. The number of nitrogens with zero attached hydrogens (tertiary/aromatic N) is 2. The highest BCUT2D eigenvalue weighted by molar-refractivity contribution is 6.30. The summed E-state index contributed by atoms with van der Waals surface area (Å²) >= 11 is 12.6. The Hall–Kier alpha value is -2.77. The number of likely N-dealkylation sites (tertiary alicyclic amines) is 1. The lowest BCUT2D eigenvalue weighted by Gasteiger charge is -2.52. The third-order valence-corrected chi connectivity index (χ3v) is 7.76. The van der Waals surface area contributed by atoms with Crippen LogP contribution in [0.5, 0.6) is 0 Å². The first kappa shape index (κ1) is 26.3. The van der Waals surface area contributed by atoms with Gasteiger partial charge < -0.3 is 19.6 Å². The third-order valence-electron chi connectivity index (χ3n) is 7.27. The van der Waals surface area contributed by atoms with Crippen LogP contribution in [0.4, 0.5) is 4.79 Å². The summed E-state index contributed by atoms with van der Waals surface area (Å²) < 4.78 is 5.12. The maximum Gasteiger partial charge on any atom is 0.410 e. The van der Waals surface area contributed by atoms with Crippen LogP contribution in [0.25, 0.3) is 0 Å². The molecule has 2 aromatic rings. The molecule has 36 heavy (non-hydrogen) atoms. The standard InChI is InChI=1S/C27H30Cl2N2O5/c1-3-21(16-30-11-12-36-26(30)35)31-24(17-7-9-19(28)10-8-17)22(18-5-4-6-20(29)13-18)14-27(2,25(31)34)15-23(32)33/h4-10,13,21-22,24H,3,11-12,14-16H2,1-2H3,(H,32,33). The SMILES string of the molecule is CCC(CN1CCOC1=O)N1C(=O)C(C)(CC(=O)O)CC(c2cccc(Cl)c2)C1c1ccc(Cl)cc1. The number of hydrogen-bond acceptors (Lipinski definition) is 4. The second kappa shape index (κ2) is 10.7. The first-order chi connectivity index (χ1) is 17.1. The van der Waals surface area contributed by atoms with E-state index in [9.17, 15) is 19.5 Å². The molecule has 2 fully saturated rings. The zero-order valence-corrected chi connectivity index (χ0v) is 21.8. The van der Waals surface area contributed by atoms with Crippen LogP contribution in [-0.2, 0) is 14.3 Å². The molecule has 9 heteroatoms. The second-order valence-corrected chi connectivity index (χ2v) is 10.7. The molecule has 2 aliphatic heterocycles. The Morgan fingerprint density at radius 1 is 1.14 bits per heavy atom. The summed E-state index contributed by atoms with van der Waals surface area (Å²) in [7, 11) is 0. The van der Waals surface area contributed by atoms with Crippen molar-refractivity contribution in [1.29, 1.82) is 0 Å². The van der Waals surface area contributed by atoms with E-state index in [0.717, 1.165) is 11.1 Å². The molecule has 0 saturated carbocycles. The minimum absolute atomic E-state index is 0.230. The van der Waals surface area contributed by atoms with Gasteiger partial charge in [0.05, 0.1) is 24.4 Å². The quantitative estimate of drug-likeness (QED) is 0.466. The van der Waals surface area contributed by atoms with Crippen LogP contribution in [0, 0.1) is 5.41 Å². The van der Waals surface area contributed by atoms with Gasteiger partial charge >= 0.3 is 12.1 Å². The molecular formula is C27H30Cl2N2O5. The molecule has 0 aromatic heterocycles. The fourth-order valence-electron chi connectivity index (χ4n) is 5.54. The molecule has 7 nitrogen and oxygen atoms in total. The van der Waals surface area contributed by atoms with Gasteiger partial charge in [0.2, 0.25) is 5.91 Å². The average molecular weight is 533 g/mol. The van der Waals surface area contributed by atoms with E-state index in [1.807, 2.05) is 42.2 Å². The van der Waals surface area contributed by atoms with Gasteiger partial charge in [0, 0.05) is 28.5 Å². The molecule has 0 bridgehead atoms. The van der Waals surface area contributed by atoms with E-state index in [1.54, 1.807) is 30.0 Å². The smallest absolute Gasteiger partial charge is 0.410 e.